The second-order valence-electron chi connectivity index (χ2n) is 7.05. The fourth-order valence-electron chi connectivity index (χ4n) is 3.05. The fourth-order valence-corrected chi connectivity index (χ4v) is 4.01. The number of methoxy groups -OCH3 is 2. The minimum atomic E-state index is -0.0420. The molecule has 3 rings (SSSR count). The lowest BCUT2D eigenvalue weighted by Crippen LogP contribution is -2.29. The highest BCUT2D eigenvalue weighted by Gasteiger charge is 2.18. The zero-order valence-corrected chi connectivity index (χ0v) is 17.3. The van der Waals surface area contributed by atoms with E-state index in [4.69, 9.17) is 9.47 Å². The standard InChI is InChI=1S/C21H26N2O3S/c1-13(2)11-22-21(24)19-10-20-18(6-14(3)27-20)23(19)12-15-7-16(25-4)9-17(8-15)26-5/h6-10,13H,11-12H2,1-5H3,(H,22,24). The molecule has 144 valence electrons. The van der Waals surface area contributed by atoms with Crippen molar-refractivity contribution in [3.05, 3.63) is 46.5 Å². The van der Waals surface area contributed by atoms with Crippen LogP contribution in [0.4, 0.5) is 0 Å². The first kappa shape index (κ1) is 19.3. The number of benzene rings is 1. The fraction of sp³-hybridized carbons (Fsp3) is 0.381. The molecule has 2 heterocycles. The summed E-state index contributed by atoms with van der Waals surface area (Å²) in [5, 5.41) is 3.03. The largest absolute Gasteiger partial charge is 0.497 e. The molecule has 0 spiro atoms. The smallest absolute Gasteiger partial charge is 0.267 e. The van der Waals surface area contributed by atoms with E-state index in [0.29, 0.717) is 24.7 Å². The van der Waals surface area contributed by atoms with Gasteiger partial charge in [0, 0.05) is 24.0 Å². The topological polar surface area (TPSA) is 52.5 Å². The molecule has 5 nitrogen and oxygen atoms in total. The number of thiophene rings is 1. The molecule has 0 saturated heterocycles. The molecular weight excluding hydrogens is 360 g/mol. The highest BCUT2D eigenvalue weighted by Crippen LogP contribution is 2.31. The monoisotopic (exact) mass is 386 g/mol. The second kappa shape index (κ2) is 8.05. The van der Waals surface area contributed by atoms with E-state index in [2.05, 4.69) is 36.7 Å². The Labute approximate surface area is 163 Å². The maximum absolute atomic E-state index is 12.8. The first-order chi connectivity index (χ1) is 12.9. The van der Waals surface area contributed by atoms with Gasteiger partial charge in [-0.15, -0.1) is 11.3 Å². The Morgan fingerprint density at radius 1 is 1.11 bits per heavy atom. The number of fused-ring (bicyclic) bond motifs is 1. The van der Waals surface area contributed by atoms with Gasteiger partial charge in [0.05, 0.1) is 24.4 Å². The first-order valence-electron chi connectivity index (χ1n) is 9.01. The molecular formula is C21H26N2O3S. The Bertz CT molecular complexity index is 934. The molecule has 1 N–H and O–H groups in total. The molecule has 6 heteroatoms. The molecule has 0 aliphatic carbocycles. The average Bonchev–Trinajstić information content (AvgIpc) is 3.16. The van der Waals surface area contributed by atoms with Crippen molar-refractivity contribution in [2.45, 2.75) is 27.3 Å². The highest BCUT2D eigenvalue weighted by molar-refractivity contribution is 7.19. The van der Waals surface area contributed by atoms with Crippen LogP contribution in [0.15, 0.2) is 30.3 Å². The summed E-state index contributed by atoms with van der Waals surface area (Å²) in [6.45, 7) is 7.48. The summed E-state index contributed by atoms with van der Waals surface area (Å²) in [6.07, 6.45) is 0. The number of rotatable bonds is 7. The van der Waals surface area contributed by atoms with Gasteiger partial charge in [0.2, 0.25) is 0 Å². The van der Waals surface area contributed by atoms with Crippen LogP contribution in [-0.2, 0) is 6.54 Å². The van der Waals surface area contributed by atoms with Crippen LogP contribution in [0, 0.1) is 12.8 Å². The number of carbonyl (C=O) groups excluding carboxylic acids is 1. The van der Waals surface area contributed by atoms with Crippen LogP contribution in [0.5, 0.6) is 11.5 Å². The number of ether oxygens (including phenoxy) is 2. The van der Waals surface area contributed by atoms with Gasteiger partial charge in [0.1, 0.15) is 17.2 Å². The number of amides is 1. The molecule has 0 saturated carbocycles. The molecule has 0 aliphatic rings. The molecule has 0 fully saturated rings. The lowest BCUT2D eigenvalue weighted by atomic mass is 10.2. The molecule has 0 bridgehead atoms. The van der Waals surface area contributed by atoms with E-state index in [0.717, 1.165) is 27.3 Å². The van der Waals surface area contributed by atoms with Gasteiger partial charge in [-0.1, -0.05) is 13.8 Å². The maximum atomic E-state index is 12.8. The van der Waals surface area contributed by atoms with Crippen molar-refractivity contribution in [3.8, 4) is 11.5 Å². The summed E-state index contributed by atoms with van der Waals surface area (Å²) in [6, 6.07) is 9.92. The Hall–Kier alpha value is -2.47. The number of hydrogen-bond donors (Lipinski definition) is 1. The lowest BCUT2D eigenvalue weighted by Gasteiger charge is -2.14. The summed E-state index contributed by atoms with van der Waals surface area (Å²) in [5.74, 6) is 1.84. The van der Waals surface area contributed by atoms with Gasteiger partial charge >= 0.3 is 0 Å². The van der Waals surface area contributed by atoms with E-state index in [9.17, 15) is 4.79 Å². The third kappa shape index (κ3) is 4.27. The highest BCUT2D eigenvalue weighted by atomic mass is 32.1. The number of aryl methyl sites for hydroxylation is 1. The summed E-state index contributed by atoms with van der Waals surface area (Å²) < 4.78 is 14.0. The van der Waals surface area contributed by atoms with Crippen molar-refractivity contribution < 1.29 is 14.3 Å². The van der Waals surface area contributed by atoms with Gasteiger partial charge in [-0.25, -0.2) is 0 Å². The molecule has 0 radical (unpaired) electrons. The maximum Gasteiger partial charge on any atom is 0.267 e. The van der Waals surface area contributed by atoms with Crippen molar-refractivity contribution in [2.75, 3.05) is 20.8 Å². The Balaban J connectivity index is 2.01. The van der Waals surface area contributed by atoms with E-state index in [1.165, 1.54) is 4.88 Å². The van der Waals surface area contributed by atoms with Crippen LogP contribution < -0.4 is 14.8 Å². The molecule has 3 aromatic rings. The lowest BCUT2D eigenvalue weighted by molar-refractivity contribution is 0.0940. The van der Waals surface area contributed by atoms with E-state index < -0.39 is 0 Å². The van der Waals surface area contributed by atoms with Gasteiger partial charge in [-0.3, -0.25) is 4.79 Å². The summed E-state index contributed by atoms with van der Waals surface area (Å²) in [4.78, 5) is 14.0. The third-order valence-corrected chi connectivity index (χ3v) is 5.35. The predicted octanol–water partition coefficient (Wildman–Crippen LogP) is 4.46. The van der Waals surface area contributed by atoms with Crippen LogP contribution in [0.2, 0.25) is 0 Å². The quantitative estimate of drug-likeness (QED) is 0.652. The number of hydrogen-bond acceptors (Lipinski definition) is 4. The molecule has 1 aromatic carbocycles. The van der Waals surface area contributed by atoms with E-state index >= 15 is 0 Å². The SMILES string of the molecule is COc1cc(Cn2c(C(=O)NCC(C)C)cc3sc(C)cc32)cc(OC)c1. The number of nitrogens with zero attached hydrogens (tertiary/aromatic N) is 1. The zero-order chi connectivity index (χ0) is 19.6. The van der Waals surface area contributed by atoms with Crippen LogP contribution >= 0.6 is 11.3 Å². The van der Waals surface area contributed by atoms with Crippen molar-refractivity contribution in [1.82, 2.24) is 9.88 Å². The van der Waals surface area contributed by atoms with Gasteiger partial charge < -0.3 is 19.4 Å². The van der Waals surface area contributed by atoms with Crippen LogP contribution in [0.1, 0.15) is 34.8 Å². The normalized spacial score (nSPS) is 11.2. The van der Waals surface area contributed by atoms with E-state index in [-0.39, 0.29) is 5.91 Å². The minimum absolute atomic E-state index is 0.0420. The molecule has 27 heavy (non-hydrogen) atoms. The molecule has 1 amide bonds. The Kier molecular flexibility index (Phi) is 5.75. The second-order valence-corrected chi connectivity index (χ2v) is 8.33. The zero-order valence-electron chi connectivity index (χ0n) is 16.5. The van der Waals surface area contributed by atoms with Crippen LogP contribution in [0.25, 0.3) is 10.2 Å². The Morgan fingerprint density at radius 2 is 1.78 bits per heavy atom. The summed E-state index contributed by atoms with van der Waals surface area (Å²) in [5.41, 5.74) is 2.78. The first-order valence-corrected chi connectivity index (χ1v) is 9.82. The number of aromatic nitrogens is 1. The molecule has 0 atom stereocenters. The van der Waals surface area contributed by atoms with Crippen molar-refractivity contribution in [3.63, 3.8) is 0 Å². The van der Waals surface area contributed by atoms with Crippen LogP contribution in [-0.4, -0.2) is 31.2 Å². The average molecular weight is 387 g/mol. The summed E-state index contributed by atoms with van der Waals surface area (Å²) in [7, 11) is 3.28. The summed E-state index contributed by atoms with van der Waals surface area (Å²) >= 11 is 1.70. The minimum Gasteiger partial charge on any atom is -0.497 e. The molecule has 0 aliphatic heterocycles. The van der Waals surface area contributed by atoms with Gasteiger partial charge in [0.25, 0.3) is 5.91 Å². The Morgan fingerprint density at radius 3 is 2.37 bits per heavy atom. The van der Waals surface area contributed by atoms with Crippen molar-refractivity contribution >= 4 is 27.5 Å². The number of nitrogens with one attached hydrogen (secondary N) is 1. The van der Waals surface area contributed by atoms with Gasteiger partial charge in [0.15, 0.2) is 0 Å². The molecule has 0 unspecified atom stereocenters. The van der Waals surface area contributed by atoms with Crippen molar-refractivity contribution in [2.24, 2.45) is 5.92 Å². The third-order valence-electron chi connectivity index (χ3n) is 4.37. The predicted molar refractivity (Wildman–Crippen MR) is 110 cm³/mol. The van der Waals surface area contributed by atoms with Crippen LogP contribution in [0.3, 0.4) is 0 Å². The van der Waals surface area contributed by atoms with E-state index in [1.807, 2.05) is 24.3 Å². The van der Waals surface area contributed by atoms with E-state index in [1.54, 1.807) is 25.6 Å². The van der Waals surface area contributed by atoms with Crippen molar-refractivity contribution in [1.29, 1.82) is 0 Å². The van der Waals surface area contributed by atoms with Gasteiger partial charge in [-0.2, -0.15) is 0 Å². The number of carbonyl (C=O) groups is 1. The van der Waals surface area contributed by atoms with Gasteiger partial charge in [-0.05, 0) is 42.7 Å². The molecule has 2 aromatic heterocycles.